The number of nitrogens with one attached hydrogen (secondary N) is 2. The maximum Gasteiger partial charge on any atom is 0.362 e. The number of nitrogens with zero attached hydrogens (tertiary/aromatic N) is 2. The lowest BCUT2D eigenvalue weighted by molar-refractivity contribution is -0.914. The van der Waals surface area contributed by atoms with Gasteiger partial charge in [-0.1, -0.05) is 32.1 Å². The number of furan rings is 1. The summed E-state index contributed by atoms with van der Waals surface area (Å²) in [4.78, 5) is 44.1. The summed E-state index contributed by atoms with van der Waals surface area (Å²) in [5, 5.41) is 5.59. The van der Waals surface area contributed by atoms with Gasteiger partial charge < -0.3 is 15.1 Å². The van der Waals surface area contributed by atoms with E-state index in [1.807, 2.05) is 0 Å². The van der Waals surface area contributed by atoms with E-state index in [0.717, 1.165) is 34.7 Å². The van der Waals surface area contributed by atoms with Gasteiger partial charge in [-0.2, -0.15) is 4.31 Å². The monoisotopic (exact) mass is 561 g/mol. The number of pyridine rings is 1. The molecule has 4 rings (SSSR count). The molecule has 212 valence electrons. The Balaban J connectivity index is 1.39. The lowest BCUT2D eigenvalue weighted by atomic mass is 9.84. The Morgan fingerprint density at radius 2 is 1.92 bits per heavy atom. The first-order valence-corrected chi connectivity index (χ1v) is 14.9. The summed E-state index contributed by atoms with van der Waals surface area (Å²) >= 11 is 0. The first-order valence-electron chi connectivity index (χ1n) is 13.5. The largest absolute Gasteiger partial charge is 0.459 e. The van der Waals surface area contributed by atoms with Gasteiger partial charge in [0.25, 0.3) is 5.91 Å². The molecule has 2 atom stereocenters. The van der Waals surface area contributed by atoms with Crippen molar-refractivity contribution in [3.8, 4) is 0 Å². The molecule has 1 saturated carbocycles. The zero-order valence-corrected chi connectivity index (χ0v) is 23.0. The van der Waals surface area contributed by atoms with Crippen LogP contribution in [0.4, 0.5) is 0 Å². The van der Waals surface area contributed by atoms with Crippen LogP contribution in [-0.2, 0) is 19.6 Å². The third-order valence-electron chi connectivity index (χ3n) is 7.52. The standard InChI is InChI=1S/C27H36N4O7S/c1-37-31-15-6-5-13-25(31)39(35,36)30-14-7-11-21(23(32)19-30)18-28-26(33)22(17-20-9-3-2-4-10-20)29-27(34)24-12-8-16-38-24/h5-6,8,12-13,15-16,20-22H,2-4,7,9-11,14,17-19H2,1H3,(H-,28,29,33,34)/p+1/t21?,22-/m0/s1. The number of carbonyl (C=O) groups excluding carboxylic acids is 3. The fraction of sp³-hybridized carbons (Fsp3) is 0.556. The molecule has 0 bridgehead atoms. The first kappa shape index (κ1) is 28.8. The van der Waals surface area contributed by atoms with Crippen LogP contribution >= 0.6 is 0 Å². The third-order valence-corrected chi connectivity index (χ3v) is 9.36. The van der Waals surface area contributed by atoms with Gasteiger partial charge in [0.05, 0.1) is 12.8 Å². The van der Waals surface area contributed by atoms with E-state index in [-0.39, 0.29) is 42.1 Å². The molecule has 0 spiro atoms. The van der Waals surface area contributed by atoms with Crippen molar-refractivity contribution in [2.45, 2.75) is 62.4 Å². The molecule has 1 aliphatic carbocycles. The highest BCUT2D eigenvalue weighted by Gasteiger charge is 2.38. The van der Waals surface area contributed by atoms with Crippen LogP contribution in [-0.4, -0.2) is 63.1 Å². The molecule has 0 radical (unpaired) electrons. The molecule has 39 heavy (non-hydrogen) atoms. The molecule has 2 aromatic rings. The minimum atomic E-state index is -3.97. The Morgan fingerprint density at radius 1 is 1.13 bits per heavy atom. The van der Waals surface area contributed by atoms with Crippen LogP contribution in [0.2, 0.25) is 0 Å². The molecule has 2 aromatic heterocycles. The first-order chi connectivity index (χ1) is 18.8. The van der Waals surface area contributed by atoms with Crippen molar-refractivity contribution in [1.82, 2.24) is 14.9 Å². The maximum atomic E-state index is 13.3. The van der Waals surface area contributed by atoms with Crippen LogP contribution in [0.3, 0.4) is 0 Å². The van der Waals surface area contributed by atoms with Crippen LogP contribution in [0.15, 0.2) is 52.2 Å². The summed E-state index contributed by atoms with van der Waals surface area (Å²) in [6, 6.07) is 7.06. The van der Waals surface area contributed by atoms with Crippen molar-refractivity contribution in [2.24, 2.45) is 11.8 Å². The molecular weight excluding hydrogens is 524 g/mol. The number of aromatic nitrogens is 1. The van der Waals surface area contributed by atoms with E-state index in [2.05, 4.69) is 10.6 Å². The smallest absolute Gasteiger partial charge is 0.362 e. The minimum Gasteiger partial charge on any atom is -0.459 e. The van der Waals surface area contributed by atoms with E-state index in [1.54, 1.807) is 24.3 Å². The van der Waals surface area contributed by atoms with Crippen LogP contribution in [0, 0.1) is 11.8 Å². The second-order valence-electron chi connectivity index (χ2n) is 10.2. The van der Waals surface area contributed by atoms with E-state index in [9.17, 15) is 22.8 Å². The Kier molecular flexibility index (Phi) is 9.73. The zero-order valence-electron chi connectivity index (χ0n) is 22.2. The zero-order chi connectivity index (χ0) is 27.8. The summed E-state index contributed by atoms with van der Waals surface area (Å²) in [6.45, 7) is -0.0321. The Labute approximate surface area is 228 Å². The highest BCUT2D eigenvalue weighted by atomic mass is 32.2. The number of hydrogen-bond acceptors (Lipinski definition) is 7. The predicted octanol–water partition coefficient (Wildman–Crippen LogP) is 1.48. The van der Waals surface area contributed by atoms with Gasteiger partial charge in [0, 0.05) is 35.9 Å². The topological polar surface area (TPSA) is 139 Å². The molecule has 2 N–H and O–H groups in total. The van der Waals surface area contributed by atoms with E-state index in [1.165, 1.54) is 32.1 Å². The number of sulfonamides is 1. The highest BCUT2D eigenvalue weighted by Crippen LogP contribution is 2.27. The SMILES string of the molecule is CO[n+]1ccccc1S(=O)(=O)N1CCCC(CNC(=O)[C@H](CC2CCCCC2)NC(=O)c2ccco2)C(=O)C1. The van der Waals surface area contributed by atoms with Crippen molar-refractivity contribution < 1.29 is 36.8 Å². The van der Waals surface area contributed by atoms with Gasteiger partial charge in [-0.25, -0.2) is 8.42 Å². The number of Topliss-reactive ketones (excluding diaryl/α,β-unsaturated/α-hetero) is 1. The third kappa shape index (κ3) is 7.24. The van der Waals surface area contributed by atoms with Gasteiger partial charge >= 0.3 is 15.0 Å². The number of ketones is 1. The molecule has 3 heterocycles. The summed E-state index contributed by atoms with van der Waals surface area (Å²) in [5.74, 6) is -1.15. The van der Waals surface area contributed by atoms with E-state index in [0.29, 0.717) is 25.2 Å². The predicted molar refractivity (Wildman–Crippen MR) is 140 cm³/mol. The summed E-state index contributed by atoms with van der Waals surface area (Å²) < 4.78 is 34.0. The van der Waals surface area contributed by atoms with E-state index < -0.39 is 27.9 Å². The lowest BCUT2D eigenvalue weighted by Gasteiger charge is -2.27. The van der Waals surface area contributed by atoms with Crippen molar-refractivity contribution in [1.29, 1.82) is 0 Å². The molecular formula is C27H37N4O7S+. The molecule has 0 aromatic carbocycles. The molecule has 1 unspecified atom stereocenters. The summed E-state index contributed by atoms with van der Waals surface area (Å²) in [7, 11) is -2.61. The summed E-state index contributed by atoms with van der Waals surface area (Å²) in [6.07, 6.45) is 9.72. The average Bonchev–Trinajstić information content (AvgIpc) is 3.42. The number of amides is 2. The van der Waals surface area contributed by atoms with Crippen molar-refractivity contribution in [2.75, 3.05) is 26.7 Å². The molecule has 11 nitrogen and oxygen atoms in total. The fourth-order valence-corrected chi connectivity index (χ4v) is 6.89. The van der Waals surface area contributed by atoms with Gasteiger partial charge in [0.15, 0.2) is 11.5 Å². The molecule has 1 saturated heterocycles. The van der Waals surface area contributed by atoms with Crippen LogP contribution in [0.5, 0.6) is 0 Å². The molecule has 12 heteroatoms. The second kappa shape index (κ2) is 13.2. The van der Waals surface area contributed by atoms with Gasteiger partial charge in [0.2, 0.25) is 12.1 Å². The number of hydrogen-bond donors (Lipinski definition) is 2. The van der Waals surface area contributed by atoms with Crippen LogP contribution in [0.25, 0.3) is 0 Å². The second-order valence-corrected chi connectivity index (χ2v) is 12.1. The number of rotatable bonds is 10. The van der Waals surface area contributed by atoms with Gasteiger partial charge in [0.1, 0.15) is 13.2 Å². The molecule has 2 aliphatic rings. The van der Waals surface area contributed by atoms with Crippen molar-refractivity contribution in [3.05, 3.63) is 48.6 Å². The Morgan fingerprint density at radius 3 is 2.64 bits per heavy atom. The normalized spacial score (nSPS) is 20.1. The minimum absolute atomic E-state index is 0.0649. The highest BCUT2D eigenvalue weighted by molar-refractivity contribution is 7.89. The maximum absolute atomic E-state index is 13.3. The molecule has 1 aliphatic heterocycles. The summed E-state index contributed by atoms with van der Waals surface area (Å²) in [5.41, 5.74) is 0. The average molecular weight is 562 g/mol. The van der Waals surface area contributed by atoms with Crippen LogP contribution < -0.4 is 20.2 Å². The van der Waals surface area contributed by atoms with Crippen molar-refractivity contribution >= 4 is 27.6 Å². The number of carbonyl (C=O) groups is 3. The molecule has 2 fully saturated rings. The van der Waals surface area contributed by atoms with Gasteiger partial charge in [-0.05, 0) is 43.4 Å². The van der Waals surface area contributed by atoms with Crippen LogP contribution in [0.1, 0.15) is 61.9 Å². The van der Waals surface area contributed by atoms with Gasteiger partial charge in [-0.15, -0.1) is 0 Å². The fourth-order valence-electron chi connectivity index (χ4n) is 5.35. The lowest BCUT2D eigenvalue weighted by Crippen LogP contribution is -2.50. The Bertz CT molecular complexity index is 1240. The van der Waals surface area contributed by atoms with Gasteiger partial charge in [-0.3, -0.25) is 19.2 Å². The quantitative estimate of drug-likeness (QED) is 0.419. The van der Waals surface area contributed by atoms with Crippen molar-refractivity contribution in [3.63, 3.8) is 0 Å². The van der Waals surface area contributed by atoms with E-state index >= 15 is 0 Å². The van der Waals surface area contributed by atoms with E-state index in [4.69, 9.17) is 9.25 Å². The Hall–Kier alpha value is -3.25. The molecule has 2 amide bonds.